The van der Waals surface area contributed by atoms with Crippen LogP contribution in [0.5, 0.6) is 0 Å². The van der Waals surface area contributed by atoms with Gasteiger partial charge in [-0.05, 0) is 64.4 Å². The van der Waals surface area contributed by atoms with E-state index >= 15 is 0 Å². The molecule has 1 unspecified atom stereocenters. The van der Waals surface area contributed by atoms with Gasteiger partial charge in [-0.25, -0.2) is 8.42 Å². The molecule has 0 bridgehead atoms. The first-order chi connectivity index (χ1) is 12.3. The van der Waals surface area contributed by atoms with Crippen molar-refractivity contribution in [2.45, 2.75) is 70.5 Å². The van der Waals surface area contributed by atoms with Crippen molar-refractivity contribution in [2.24, 2.45) is 0 Å². The molecule has 1 aromatic carbocycles. The zero-order valence-electron chi connectivity index (χ0n) is 16.9. The van der Waals surface area contributed by atoms with Gasteiger partial charge >= 0.3 is 0 Å². The van der Waals surface area contributed by atoms with Crippen LogP contribution in [0.4, 0.5) is 0 Å². The molecule has 1 saturated heterocycles. The number of nitrogens with zero attached hydrogens (tertiary/aromatic N) is 2. The molecule has 6 heteroatoms. The van der Waals surface area contributed by atoms with Crippen molar-refractivity contribution < 1.29 is 8.42 Å². The highest BCUT2D eigenvalue weighted by Crippen LogP contribution is 2.21. The summed E-state index contributed by atoms with van der Waals surface area (Å²) in [6, 6.07) is 8.73. The van der Waals surface area contributed by atoms with Crippen molar-refractivity contribution in [2.75, 3.05) is 26.2 Å². The van der Waals surface area contributed by atoms with E-state index in [-0.39, 0.29) is 6.04 Å². The van der Waals surface area contributed by atoms with Crippen LogP contribution in [0, 0.1) is 0 Å². The van der Waals surface area contributed by atoms with E-state index in [4.69, 9.17) is 0 Å². The van der Waals surface area contributed by atoms with Crippen LogP contribution in [-0.4, -0.2) is 55.9 Å². The zero-order valence-corrected chi connectivity index (χ0v) is 17.7. The number of rotatable bonds is 8. The Labute approximate surface area is 159 Å². The van der Waals surface area contributed by atoms with E-state index in [0.29, 0.717) is 30.1 Å². The number of likely N-dealkylation sites (tertiary alicyclic amines) is 1. The van der Waals surface area contributed by atoms with Crippen molar-refractivity contribution >= 4 is 10.0 Å². The summed E-state index contributed by atoms with van der Waals surface area (Å²) in [4.78, 5) is 2.90. The van der Waals surface area contributed by atoms with Crippen LogP contribution >= 0.6 is 0 Å². The average molecular weight is 382 g/mol. The maximum Gasteiger partial charge on any atom is 0.243 e. The average Bonchev–Trinajstić information content (AvgIpc) is 2.63. The molecule has 1 atom stereocenters. The summed E-state index contributed by atoms with van der Waals surface area (Å²) in [6.45, 7) is 13.7. The molecule has 26 heavy (non-hydrogen) atoms. The van der Waals surface area contributed by atoms with E-state index in [1.165, 1.54) is 4.31 Å². The van der Waals surface area contributed by atoms with Crippen LogP contribution in [0.25, 0.3) is 0 Å². The second-order valence-corrected chi connectivity index (χ2v) is 9.39. The Bertz CT molecular complexity index is 646. The van der Waals surface area contributed by atoms with Crippen LogP contribution in [0.2, 0.25) is 0 Å². The summed E-state index contributed by atoms with van der Waals surface area (Å²) >= 11 is 0. The highest BCUT2D eigenvalue weighted by Gasteiger charge is 2.23. The Kier molecular flexibility index (Phi) is 7.64. The molecular weight excluding hydrogens is 346 g/mol. The van der Waals surface area contributed by atoms with E-state index in [0.717, 1.165) is 31.5 Å². The van der Waals surface area contributed by atoms with Crippen LogP contribution in [-0.2, 0) is 10.0 Å². The number of piperidine rings is 1. The van der Waals surface area contributed by atoms with Crippen LogP contribution in [0.15, 0.2) is 29.2 Å². The monoisotopic (exact) mass is 381 g/mol. The molecule has 0 spiro atoms. The van der Waals surface area contributed by atoms with Gasteiger partial charge in [0.05, 0.1) is 4.90 Å². The maximum atomic E-state index is 12.6. The Morgan fingerprint density at radius 1 is 1.08 bits per heavy atom. The first-order valence-electron chi connectivity index (χ1n) is 9.89. The molecule has 0 aliphatic carbocycles. The molecule has 0 radical (unpaired) electrons. The SMILES string of the molecule is CCN(CC)S(=O)(=O)c1ccc(C(C)NC2CCN(C(C)C)CC2)cc1. The minimum Gasteiger partial charge on any atom is -0.307 e. The van der Waals surface area contributed by atoms with Gasteiger partial charge in [0.25, 0.3) is 0 Å². The lowest BCUT2D eigenvalue weighted by Crippen LogP contribution is -2.45. The Balaban J connectivity index is 1.98. The Hall–Kier alpha value is -0.950. The summed E-state index contributed by atoms with van der Waals surface area (Å²) in [7, 11) is -3.38. The fraction of sp³-hybridized carbons (Fsp3) is 0.700. The van der Waals surface area contributed by atoms with Gasteiger partial charge in [-0.3, -0.25) is 0 Å². The first-order valence-corrected chi connectivity index (χ1v) is 11.3. The molecule has 5 nitrogen and oxygen atoms in total. The Morgan fingerprint density at radius 2 is 1.62 bits per heavy atom. The minimum absolute atomic E-state index is 0.218. The number of hydrogen-bond acceptors (Lipinski definition) is 4. The molecule has 1 heterocycles. The first kappa shape index (κ1) is 21.4. The predicted octanol–water partition coefficient (Wildman–Crippen LogP) is 3.24. The molecule has 1 aromatic rings. The molecule has 2 rings (SSSR count). The lowest BCUT2D eigenvalue weighted by molar-refractivity contribution is 0.157. The van der Waals surface area contributed by atoms with Gasteiger partial charge < -0.3 is 10.2 Å². The summed E-state index contributed by atoms with van der Waals surface area (Å²) in [5.74, 6) is 0. The minimum atomic E-state index is -3.38. The van der Waals surface area contributed by atoms with Crippen molar-refractivity contribution in [1.29, 1.82) is 0 Å². The summed E-state index contributed by atoms with van der Waals surface area (Å²) in [6.07, 6.45) is 2.33. The second kappa shape index (κ2) is 9.31. The second-order valence-electron chi connectivity index (χ2n) is 7.45. The van der Waals surface area contributed by atoms with E-state index in [1.54, 1.807) is 12.1 Å². The number of benzene rings is 1. The third-order valence-electron chi connectivity index (χ3n) is 5.47. The van der Waals surface area contributed by atoms with E-state index in [2.05, 4.69) is 31.0 Å². The van der Waals surface area contributed by atoms with Gasteiger partial charge in [0.15, 0.2) is 0 Å². The normalized spacial score (nSPS) is 18.6. The fourth-order valence-electron chi connectivity index (χ4n) is 3.67. The van der Waals surface area contributed by atoms with Gasteiger partial charge in [0.1, 0.15) is 0 Å². The van der Waals surface area contributed by atoms with Crippen molar-refractivity contribution in [3.8, 4) is 0 Å². The molecular formula is C20H35N3O2S. The molecule has 0 saturated carbocycles. The summed E-state index contributed by atoms with van der Waals surface area (Å²) < 4.78 is 26.7. The molecule has 1 aliphatic rings. The standard InChI is InChI=1S/C20H35N3O2S/c1-6-23(7-2)26(24,25)20-10-8-18(9-11-20)17(5)21-19-12-14-22(15-13-19)16(3)4/h8-11,16-17,19,21H,6-7,12-15H2,1-5H3. The van der Waals surface area contributed by atoms with Gasteiger partial charge in [0, 0.05) is 31.2 Å². The summed E-state index contributed by atoms with van der Waals surface area (Å²) in [5.41, 5.74) is 1.13. The van der Waals surface area contributed by atoms with Crippen molar-refractivity contribution in [3.05, 3.63) is 29.8 Å². The van der Waals surface area contributed by atoms with E-state index in [9.17, 15) is 8.42 Å². The molecule has 148 valence electrons. The fourth-order valence-corrected chi connectivity index (χ4v) is 5.13. The third kappa shape index (κ3) is 5.06. The van der Waals surface area contributed by atoms with E-state index < -0.39 is 10.0 Å². The van der Waals surface area contributed by atoms with Crippen LogP contribution in [0.1, 0.15) is 59.1 Å². The predicted molar refractivity (Wildman–Crippen MR) is 108 cm³/mol. The number of sulfonamides is 1. The zero-order chi connectivity index (χ0) is 19.3. The lowest BCUT2D eigenvalue weighted by atomic mass is 10.0. The van der Waals surface area contributed by atoms with Crippen LogP contribution < -0.4 is 5.32 Å². The topological polar surface area (TPSA) is 52.7 Å². The van der Waals surface area contributed by atoms with Gasteiger partial charge in [-0.2, -0.15) is 4.31 Å². The molecule has 1 fully saturated rings. The third-order valence-corrected chi connectivity index (χ3v) is 7.53. The van der Waals surface area contributed by atoms with Crippen LogP contribution in [0.3, 0.4) is 0 Å². The molecule has 0 aromatic heterocycles. The lowest BCUT2D eigenvalue weighted by Gasteiger charge is -2.36. The maximum absolute atomic E-state index is 12.6. The molecule has 1 aliphatic heterocycles. The van der Waals surface area contributed by atoms with Gasteiger partial charge in [-0.1, -0.05) is 26.0 Å². The number of hydrogen-bond donors (Lipinski definition) is 1. The van der Waals surface area contributed by atoms with Gasteiger partial charge in [0.2, 0.25) is 10.0 Å². The Morgan fingerprint density at radius 3 is 2.08 bits per heavy atom. The molecule has 1 N–H and O–H groups in total. The summed E-state index contributed by atoms with van der Waals surface area (Å²) in [5, 5.41) is 3.71. The van der Waals surface area contributed by atoms with Crippen molar-refractivity contribution in [1.82, 2.24) is 14.5 Å². The smallest absolute Gasteiger partial charge is 0.243 e. The highest BCUT2D eigenvalue weighted by atomic mass is 32.2. The largest absolute Gasteiger partial charge is 0.307 e. The highest BCUT2D eigenvalue weighted by molar-refractivity contribution is 7.89. The number of nitrogens with one attached hydrogen (secondary N) is 1. The van der Waals surface area contributed by atoms with Crippen molar-refractivity contribution in [3.63, 3.8) is 0 Å². The molecule has 0 amide bonds. The quantitative estimate of drug-likeness (QED) is 0.751. The van der Waals surface area contributed by atoms with Gasteiger partial charge in [-0.15, -0.1) is 0 Å². The van der Waals surface area contributed by atoms with E-state index in [1.807, 2.05) is 26.0 Å².